The molecule has 0 spiro atoms. The molecular weight excluding hydrogens is 254 g/mol. The maximum atomic E-state index is 9.76. The van der Waals surface area contributed by atoms with Crippen molar-refractivity contribution in [2.45, 2.75) is 42.6 Å². The first-order valence-electron chi connectivity index (χ1n) is 5.94. The summed E-state index contributed by atoms with van der Waals surface area (Å²) in [5, 5.41) is 21.2. The molecule has 1 aromatic rings. The summed E-state index contributed by atoms with van der Waals surface area (Å²) < 4.78 is 0.981. The molecule has 1 aliphatic rings. The molecule has 2 N–H and O–H groups in total. The lowest BCUT2D eigenvalue weighted by atomic mass is 9.95. The van der Waals surface area contributed by atoms with Gasteiger partial charge in [-0.25, -0.2) is 0 Å². The Kier molecular flexibility index (Phi) is 4.41. The molecule has 1 saturated carbocycles. The molecule has 1 atom stereocenters. The Morgan fingerprint density at radius 1 is 1.65 bits per heavy atom. The Hall–Kier alpha value is -0.170. The van der Waals surface area contributed by atoms with E-state index in [9.17, 15) is 5.11 Å². The van der Waals surface area contributed by atoms with E-state index in [2.05, 4.69) is 29.4 Å². The Bertz CT molecular complexity index is 340. The van der Waals surface area contributed by atoms with Crippen molar-refractivity contribution in [3.05, 3.63) is 5.51 Å². The molecule has 0 aromatic carbocycles. The van der Waals surface area contributed by atoms with Crippen molar-refractivity contribution in [3.8, 4) is 0 Å². The first-order valence-corrected chi connectivity index (χ1v) is 7.80. The average Bonchev–Trinajstić information content (AvgIpc) is 3.02. The van der Waals surface area contributed by atoms with Gasteiger partial charge in [0.15, 0.2) is 4.34 Å². The molecule has 17 heavy (non-hydrogen) atoms. The zero-order chi connectivity index (χ0) is 12.3. The largest absolute Gasteiger partial charge is 0.394 e. The van der Waals surface area contributed by atoms with Crippen LogP contribution in [0.4, 0.5) is 0 Å². The van der Waals surface area contributed by atoms with Crippen molar-refractivity contribution in [2.24, 2.45) is 5.92 Å². The molecule has 1 heterocycles. The van der Waals surface area contributed by atoms with E-state index < -0.39 is 0 Å². The van der Waals surface area contributed by atoms with Crippen molar-refractivity contribution < 1.29 is 5.11 Å². The number of hydrogen-bond acceptors (Lipinski definition) is 6. The minimum atomic E-state index is -0.148. The molecule has 96 valence electrons. The van der Waals surface area contributed by atoms with Crippen LogP contribution in [0.1, 0.15) is 26.7 Å². The Balaban J connectivity index is 1.99. The first-order chi connectivity index (χ1) is 8.16. The SMILES string of the molecule is CC(C)NC(CO)(CSc1nncs1)C1CC1. The summed E-state index contributed by atoms with van der Waals surface area (Å²) in [6.45, 7) is 4.45. The predicted octanol–water partition coefficient (Wildman–Crippen LogP) is 1.77. The van der Waals surface area contributed by atoms with Gasteiger partial charge in [0.2, 0.25) is 0 Å². The van der Waals surface area contributed by atoms with Gasteiger partial charge in [-0.3, -0.25) is 0 Å². The van der Waals surface area contributed by atoms with Gasteiger partial charge in [-0.1, -0.05) is 36.9 Å². The van der Waals surface area contributed by atoms with Crippen LogP contribution in [0.25, 0.3) is 0 Å². The molecule has 0 saturated heterocycles. The lowest BCUT2D eigenvalue weighted by molar-refractivity contribution is 0.150. The summed E-state index contributed by atoms with van der Waals surface area (Å²) >= 11 is 3.25. The van der Waals surface area contributed by atoms with Crippen LogP contribution < -0.4 is 5.32 Å². The van der Waals surface area contributed by atoms with Crippen molar-refractivity contribution >= 4 is 23.1 Å². The maximum absolute atomic E-state index is 9.76. The normalized spacial score (nSPS) is 19.5. The summed E-state index contributed by atoms with van der Waals surface area (Å²) in [6, 6.07) is 0.387. The van der Waals surface area contributed by atoms with Gasteiger partial charge in [-0.2, -0.15) is 0 Å². The van der Waals surface area contributed by atoms with Gasteiger partial charge in [0.05, 0.1) is 12.1 Å². The first kappa shape index (κ1) is 13.3. The number of hydrogen-bond donors (Lipinski definition) is 2. The van der Waals surface area contributed by atoms with Gasteiger partial charge in [-0.05, 0) is 18.8 Å². The summed E-state index contributed by atoms with van der Waals surface area (Å²) in [5.74, 6) is 1.47. The average molecular weight is 273 g/mol. The quantitative estimate of drug-likeness (QED) is 0.742. The molecule has 4 nitrogen and oxygen atoms in total. The van der Waals surface area contributed by atoms with Crippen LogP contribution in [0.3, 0.4) is 0 Å². The van der Waals surface area contributed by atoms with Crippen molar-refractivity contribution in [2.75, 3.05) is 12.4 Å². The maximum Gasteiger partial charge on any atom is 0.174 e. The highest BCUT2D eigenvalue weighted by molar-refractivity contribution is 8.01. The van der Waals surface area contributed by atoms with E-state index in [4.69, 9.17) is 0 Å². The Morgan fingerprint density at radius 3 is 2.88 bits per heavy atom. The van der Waals surface area contributed by atoms with Gasteiger partial charge in [0.25, 0.3) is 0 Å². The number of thioether (sulfide) groups is 1. The zero-order valence-electron chi connectivity index (χ0n) is 10.2. The van der Waals surface area contributed by atoms with Crippen molar-refractivity contribution in [1.82, 2.24) is 15.5 Å². The summed E-state index contributed by atoms with van der Waals surface area (Å²) in [4.78, 5) is 0. The number of nitrogens with zero attached hydrogens (tertiary/aromatic N) is 2. The highest BCUT2D eigenvalue weighted by Gasteiger charge is 2.45. The van der Waals surface area contributed by atoms with Crippen molar-refractivity contribution in [1.29, 1.82) is 0 Å². The lowest BCUT2D eigenvalue weighted by Crippen LogP contribution is -2.55. The molecule has 1 unspecified atom stereocenters. The summed E-state index contributed by atoms with van der Waals surface area (Å²) in [6.07, 6.45) is 2.44. The highest BCUT2D eigenvalue weighted by atomic mass is 32.2. The monoisotopic (exact) mass is 273 g/mol. The fraction of sp³-hybridized carbons (Fsp3) is 0.818. The summed E-state index contributed by atoms with van der Waals surface area (Å²) in [7, 11) is 0. The number of aliphatic hydroxyl groups excluding tert-OH is 1. The van der Waals surface area contributed by atoms with Crippen LogP contribution in [-0.4, -0.2) is 39.2 Å². The smallest absolute Gasteiger partial charge is 0.174 e. The third-order valence-corrected chi connectivity index (χ3v) is 5.12. The third-order valence-electron chi connectivity index (χ3n) is 3.01. The topological polar surface area (TPSA) is 58.0 Å². The second kappa shape index (κ2) is 5.65. The fourth-order valence-corrected chi connectivity index (χ4v) is 3.88. The molecule has 2 rings (SSSR count). The molecule has 0 bridgehead atoms. The molecule has 1 aromatic heterocycles. The molecule has 0 amide bonds. The molecule has 0 radical (unpaired) electrons. The van der Waals surface area contributed by atoms with Crippen LogP contribution in [0.5, 0.6) is 0 Å². The van der Waals surface area contributed by atoms with Gasteiger partial charge < -0.3 is 10.4 Å². The van der Waals surface area contributed by atoms with Crippen LogP contribution in [0.2, 0.25) is 0 Å². The number of rotatable bonds is 7. The second-order valence-electron chi connectivity index (χ2n) is 4.88. The minimum Gasteiger partial charge on any atom is -0.394 e. The minimum absolute atomic E-state index is 0.148. The van der Waals surface area contributed by atoms with E-state index >= 15 is 0 Å². The van der Waals surface area contributed by atoms with Gasteiger partial charge in [0, 0.05) is 11.8 Å². The standard InChI is InChI=1S/C11H19N3OS2/c1-8(2)13-11(5-15,9-3-4-9)6-16-10-14-12-7-17-10/h7-9,13,15H,3-6H2,1-2H3. The van der Waals surface area contributed by atoms with E-state index in [-0.39, 0.29) is 12.1 Å². The van der Waals surface area contributed by atoms with E-state index in [0.717, 1.165) is 10.1 Å². The summed E-state index contributed by atoms with van der Waals surface area (Å²) in [5.41, 5.74) is 1.60. The van der Waals surface area contributed by atoms with E-state index in [1.54, 1.807) is 28.6 Å². The Morgan fingerprint density at radius 2 is 2.41 bits per heavy atom. The van der Waals surface area contributed by atoms with Gasteiger partial charge >= 0.3 is 0 Å². The fourth-order valence-electron chi connectivity index (χ4n) is 2.12. The van der Waals surface area contributed by atoms with Crippen molar-refractivity contribution in [3.63, 3.8) is 0 Å². The van der Waals surface area contributed by atoms with Crippen LogP contribution in [-0.2, 0) is 0 Å². The Labute approximate surface area is 110 Å². The van der Waals surface area contributed by atoms with E-state index in [1.165, 1.54) is 12.8 Å². The lowest BCUT2D eigenvalue weighted by Gasteiger charge is -2.35. The van der Waals surface area contributed by atoms with Crippen LogP contribution in [0, 0.1) is 5.92 Å². The van der Waals surface area contributed by atoms with E-state index in [1.807, 2.05) is 0 Å². The van der Waals surface area contributed by atoms with Crippen LogP contribution >= 0.6 is 23.1 Å². The molecule has 0 aliphatic heterocycles. The van der Waals surface area contributed by atoms with Crippen LogP contribution in [0.15, 0.2) is 9.85 Å². The van der Waals surface area contributed by atoms with Gasteiger partial charge in [0.1, 0.15) is 5.51 Å². The number of nitrogens with one attached hydrogen (secondary N) is 1. The predicted molar refractivity (Wildman–Crippen MR) is 71.4 cm³/mol. The molecule has 1 aliphatic carbocycles. The highest BCUT2D eigenvalue weighted by Crippen LogP contribution is 2.42. The molecule has 6 heteroatoms. The zero-order valence-corrected chi connectivity index (χ0v) is 11.9. The number of aliphatic hydroxyl groups is 1. The second-order valence-corrected chi connectivity index (χ2v) is 6.94. The van der Waals surface area contributed by atoms with E-state index in [0.29, 0.717) is 12.0 Å². The number of aromatic nitrogens is 2. The molecule has 1 fully saturated rings. The molecular formula is C11H19N3OS2. The van der Waals surface area contributed by atoms with Gasteiger partial charge in [-0.15, -0.1) is 10.2 Å². The third kappa shape index (κ3) is 3.40.